The highest BCUT2D eigenvalue weighted by molar-refractivity contribution is 7.89. The standard InChI is InChI=1S/C14H20N2O3S/c1-10-7-11(2)9-13(8-10)20(18,19)16-6-5-15-14(17)12-3-4-12/h7-9,12,16H,3-6H2,1-2H3,(H,15,17). The molecule has 5 nitrogen and oxygen atoms in total. The van der Waals surface area contributed by atoms with E-state index in [1.807, 2.05) is 19.9 Å². The number of sulfonamides is 1. The summed E-state index contributed by atoms with van der Waals surface area (Å²) in [7, 11) is -3.51. The van der Waals surface area contributed by atoms with Gasteiger partial charge in [0.05, 0.1) is 4.90 Å². The maximum atomic E-state index is 12.1. The topological polar surface area (TPSA) is 75.3 Å². The van der Waals surface area contributed by atoms with Gasteiger partial charge < -0.3 is 5.32 Å². The lowest BCUT2D eigenvalue weighted by atomic mass is 10.2. The number of hydrogen-bond acceptors (Lipinski definition) is 3. The lowest BCUT2D eigenvalue weighted by Gasteiger charge is -2.09. The fraction of sp³-hybridized carbons (Fsp3) is 0.500. The van der Waals surface area contributed by atoms with E-state index in [1.165, 1.54) is 0 Å². The molecule has 0 aromatic heterocycles. The third-order valence-corrected chi connectivity index (χ3v) is 4.61. The molecule has 0 bridgehead atoms. The number of benzene rings is 1. The van der Waals surface area contributed by atoms with Gasteiger partial charge in [0.2, 0.25) is 15.9 Å². The van der Waals surface area contributed by atoms with E-state index in [2.05, 4.69) is 10.0 Å². The normalized spacial score (nSPS) is 15.1. The van der Waals surface area contributed by atoms with Gasteiger partial charge in [-0.3, -0.25) is 4.79 Å². The van der Waals surface area contributed by atoms with Crippen LogP contribution in [0, 0.1) is 19.8 Å². The SMILES string of the molecule is Cc1cc(C)cc(S(=O)(=O)NCCNC(=O)C2CC2)c1. The van der Waals surface area contributed by atoms with E-state index in [0.717, 1.165) is 24.0 Å². The Morgan fingerprint density at radius 1 is 1.15 bits per heavy atom. The predicted molar refractivity (Wildman–Crippen MR) is 76.8 cm³/mol. The van der Waals surface area contributed by atoms with Crippen molar-refractivity contribution < 1.29 is 13.2 Å². The van der Waals surface area contributed by atoms with Gasteiger partial charge in [0.15, 0.2) is 0 Å². The zero-order valence-corrected chi connectivity index (χ0v) is 12.6. The summed E-state index contributed by atoms with van der Waals surface area (Å²) in [4.78, 5) is 11.7. The van der Waals surface area contributed by atoms with E-state index in [4.69, 9.17) is 0 Å². The highest BCUT2D eigenvalue weighted by Gasteiger charge is 2.29. The van der Waals surface area contributed by atoms with E-state index in [-0.39, 0.29) is 23.3 Å². The first-order valence-corrected chi connectivity index (χ1v) is 8.22. The van der Waals surface area contributed by atoms with Gasteiger partial charge in [-0.05, 0) is 49.9 Å². The molecule has 0 spiro atoms. The average Bonchev–Trinajstić information content (AvgIpc) is 3.17. The van der Waals surface area contributed by atoms with Crippen molar-refractivity contribution in [1.82, 2.24) is 10.0 Å². The molecule has 0 aliphatic heterocycles. The molecule has 1 aliphatic carbocycles. The fourth-order valence-electron chi connectivity index (χ4n) is 2.03. The molecule has 0 heterocycles. The van der Waals surface area contributed by atoms with E-state index in [9.17, 15) is 13.2 Å². The van der Waals surface area contributed by atoms with Crippen molar-refractivity contribution in [2.75, 3.05) is 13.1 Å². The third kappa shape index (κ3) is 4.05. The Balaban J connectivity index is 1.88. The first-order valence-electron chi connectivity index (χ1n) is 6.74. The smallest absolute Gasteiger partial charge is 0.240 e. The van der Waals surface area contributed by atoms with Crippen LogP contribution in [0.15, 0.2) is 23.1 Å². The number of nitrogens with one attached hydrogen (secondary N) is 2. The summed E-state index contributed by atoms with van der Waals surface area (Å²) >= 11 is 0. The largest absolute Gasteiger partial charge is 0.355 e. The number of rotatable bonds is 6. The van der Waals surface area contributed by atoms with Gasteiger partial charge in [-0.15, -0.1) is 0 Å². The number of amides is 1. The minimum atomic E-state index is -3.51. The quantitative estimate of drug-likeness (QED) is 0.772. The van der Waals surface area contributed by atoms with Gasteiger partial charge in [-0.1, -0.05) is 6.07 Å². The zero-order chi connectivity index (χ0) is 14.8. The van der Waals surface area contributed by atoms with Gasteiger partial charge in [-0.25, -0.2) is 13.1 Å². The zero-order valence-electron chi connectivity index (χ0n) is 11.8. The molecule has 0 radical (unpaired) electrons. The van der Waals surface area contributed by atoms with E-state index < -0.39 is 10.0 Å². The van der Waals surface area contributed by atoms with Crippen molar-refractivity contribution in [1.29, 1.82) is 0 Å². The Morgan fingerprint density at radius 3 is 2.30 bits per heavy atom. The van der Waals surface area contributed by atoms with Crippen molar-refractivity contribution in [2.45, 2.75) is 31.6 Å². The minimum absolute atomic E-state index is 0.0237. The van der Waals surface area contributed by atoms with Crippen LogP contribution < -0.4 is 10.0 Å². The van der Waals surface area contributed by atoms with Crippen LogP contribution in [0.4, 0.5) is 0 Å². The van der Waals surface area contributed by atoms with Crippen LogP contribution in [0.5, 0.6) is 0 Å². The summed E-state index contributed by atoms with van der Waals surface area (Å²) < 4.78 is 26.7. The van der Waals surface area contributed by atoms with Gasteiger partial charge >= 0.3 is 0 Å². The van der Waals surface area contributed by atoms with Crippen molar-refractivity contribution in [3.8, 4) is 0 Å². The van der Waals surface area contributed by atoms with Gasteiger partial charge in [0, 0.05) is 19.0 Å². The Bertz CT molecular complexity index is 587. The van der Waals surface area contributed by atoms with Gasteiger partial charge in [0.25, 0.3) is 0 Å². The maximum absolute atomic E-state index is 12.1. The molecule has 110 valence electrons. The van der Waals surface area contributed by atoms with Crippen molar-refractivity contribution in [3.63, 3.8) is 0 Å². The Hall–Kier alpha value is -1.40. The molecule has 0 saturated heterocycles. The minimum Gasteiger partial charge on any atom is -0.355 e. The Labute approximate surface area is 119 Å². The molecule has 0 atom stereocenters. The van der Waals surface area contributed by atoms with Crippen molar-refractivity contribution in [2.24, 2.45) is 5.92 Å². The second-order valence-corrected chi connectivity index (χ2v) is 7.05. The predicted octanol–water partition coefficient (Wildman–Crippen LogP) is 1.11. The van der Waals surface area contributed by atoms with Crippen LogP contribution in [0.25, 0.3) is 0 Å². The number of hydrogen-bond donors (Lipinski definition) is 2. The Morgan fingerprint density at radius 2 is 1.75 bits per heavy atom. The second kappa shape index (κ2) is 5.93. The maximum Gasteiger partial charge on any atom is 0.240 e. The van der Waals surface area contributed by atoms with E-state index in [1.54, 1.807) is 12.1 Å². The molecule has 1 aromatic carbocycles. The molecule has 1 fully saturated rings. The van der Waals surface area contributed by atoms with Crippen LogP contribution in [-0.2, 0) is 14.8 Å². The van der Waals surface area contributed by atoms with Crippen LogP contribution in [0.3, 0.4) is 0 Å². The summed E-state index contributed by atoms with van der Waals surface area (Å²) in [6, 6.07) is 5.20. The van der Waals surface area contributed by atoms with Crippen molar-refractivity contribution in [3.05, 3.63) is 29.3 Å². The molecule has 1 aromatic rings. The van der Waals surface area contributed by atoms with Crippen LogP contribution in [0.1, 0.15) is 24.0 Å². The van der Waals surface area contributed by atoms with E-state index in [0.29, 0.717) is 6.54 Å². The summed E-state index contributed by atoms with van der Waals surface area (Å²) in [5.74, 6) is 0.168. The summed E-state index contributed by atoms with van der Waals surface area (Å²) in [6.45, 7) is 4.25. The first-order chi connectivity index (χ1) is 9.38. The van der Waals surface area contributed by atoms with Crippen LogP contribution in [-0.4, -0.2) is 27.4 Å². The number of carbonyl (C=O) groups excluding carboxylic acids is 1. The van der Waals surface area contributed by atoms with Crippen LogP contribution >= 0.6 is 0 Å². The molecule has 2 N–H and O–H groups in total. The second-order valence-electron chi connectivity index (χ2n) is 5.29. The van der Waals surface area contributed by atoms with Crippen LogP contribution in [0.2, 0.25) is 0 Å². The molecule has 1 saturated carbocycles. The lowest BCUT2D eigenvalue weighted by molar-refractivity contribution is -0.122. The third-order valence-electron chi connectivity index (χ3n) is 3.17. The first kappa shape index (κ1) is 15.0. The summed E-state index contributed by atoms with van der Waals surface area (Å²) in [5.41, 5.74) is 1.82. The highest BCUT2D eigenvalue weighted by atomic mass is 32.2. The summed E-state index contributed by atoms with van der Waals surface area (Å²) in [6.07, 6.45) is 1.89. The molecule has 1 amide bonds. The highest BCUT2D eigenvalue weighted by Crippen LogP contribution is 2.28. The molecule has 1 aliphatic rings. The van der Waals surface area contributed by atoms with Gasteiger partial charge in [0.1, 0.15) is 0 Å². The monoisotopic (exact) mass is 296 g/mol. The molecule has 2 rings (SSSR count). The number of carbonyl (C=O) groups is 1. The molecule has 0 unspecified atom stereocenters. The van der Waals surface area contributed by atoms with Crippen molar-refractivity contribution >= 4 is 15.9 Å². The summed E-state index contributed by atoms with van der Waals surface area (Å²) in [5, 5.41) is 2.73. The molecule has 6 heteroatoms. The molecular formula is C14H20N2O3S. The van der Waals surface area contributed by atoms with E-state index >= 15 is 0 Å². The molecule has 20 heavy (non-hydrogen) atoms. The average molecular weight is 296 g/mol. The number of aryl methyl sites for hydroxylation is 2. The fourth-order valence-corrected chi connectivity index (χ4v) is 3.25. The molecular weight excluding hydrogens is 276 g/mol. The Kier molecular flexibility index (Phi) is 4.45. The van der Waals surface area contributed by atoms with Gasteiger partial charge in [-0.2, -0.15) is 0 Å². The lowest BCUT2D eigenvalue weighted by Crippen LogP contribution is -2.35.